The first-order valence-corrected chi connectivity index (χ1v) is 6.31. The number of rotatable bonds is 3. The highest BCUT2D eigenvalue weighted by molar-refractivity contribution is 8.13. The Morgan fingerprint density at radius 2 is 2.11 bits per heavy atom. The molecule has 0 saturated heterocycles. The Kier molecular flexibility index (Phi) is 3.78. The summed E-state index contributed by atoms with van der Waals surface area (Å²) >= 11 is 0. The SMILES string of the molecule is N#Cc1cc(S(=O)(=O)Cl)c([N+](=O)[O-])c(C(F)F)n1. The van der Waals surface area contributed by atoms with Gasteiger partial charge < -0.3 is 0 Å². The van der Waals surface area contributed by atoms with Crippen molar-refractivity contribution in [3.63, 3.8) is 0 Å². The van der Waals surface area contributed by atoms with Crippen LogP contribution in [0.25, 0.3) is 0 Å². The van der Waals surface area contributed by atoms with Crippen LogP contribution in [0, 0.1) is 21.4 Å². The van der Waals surface area contributed by atoms with Crippen LogP contribution in [0.2, 0.25) is 0 Å². The van der Waals surface area contributed by atoms with Crippen molar-refractivity contribution < 1.29 is 22.1 Å². The fraction of sp³-hybridized carbons (Fsp3) is 0.143. The zero-order valence-electron chi connectivity index (χ0n) is 8.17. The van der Waals surface area contributed by atoms with Gasteiger partial charge in [-0.15, -0.1) is 0 Å². The molecule has 0 aliphatic carbocycles. The van der Waals surface area contributed by atoms with Gasteiger partial charge in [-0.25, -0.2) is 22.2 Å². The van der Waals surface area contributed by atoms with Gasteiger partial charge in [0, 0.05) is 16.7 Å². The first kappa shape index (κ1) is 14.2. The lowest BCUT2D eigenvalue weighted by atomic mass is 10.2. The third-order valence-electron chi connectivity index (χ3n) is 1.75. The van der Waals surface area contributed by atoms with Crippen molar-refractivity contribution in [1.29, 1.82) is 5.26 Å². The van der Waals surface area contributed by atoms with Gasteiger partial charge >= 0.3 is 5.69 Å². The Balaban J connectivity index is 3.85. The third-order valence-corrected chi connectivity index (χ3v) is 3.09. The highest BCUT2D eigenvalue weighted by Gasteiger charge is 2.34. The number of alkyl halides is 2. The second kappa shape index (κ2) is 4.79. The monoisotopic (exact) mass is 297 g/mol. The maximum atomic E-state index is 12.6. The molecule has 0 aliphatic heterocycles. The van der Waals surface area contributed by atoms with E-state index >= 15 is 0 Å². The highest BCUT2D eigenvalue weighted by atomic mass is 35.7. The van der Waals surface area contributed by atoms with Gasteiger partial charge in [-0.05, 0) is 0 Å². The molecule has 1 rings (SSSR count). The van der Waals surface area contributed by atoms with Gasteiger partial charge in [-0.3, -0.25) is 10.1 Å². The lowest BCUT2D eigenvalue weighted by Gasteiger charge is -2.05. The summed E-state index contributed by atoms with van der Waals surface area (Å²) in [5.41, 5.74) is -3.56. The van der Waals surface area contributed by atoms with E-state index in [2.05, 4.69) is 4.98 Å². The minimum Gasteiger partial charge on any atom is -0.258 e. The van der Waals surface area contributed by atoms with Gasteiger partial charge in [-0.2, -0.15) is 5.26 Å². The second-order valence-electron chi connectivity index (χ2n) is 2.85. The summed E-state index contributed by atoms with van der Waals surface area (Å²) < 4.78 is 47.3. The zero-order chi connectivity index (χ0) is 14.1. The third kappa shape index (κ3) is 2.69. The van der Waals surface area contributed by atoms with Crippen molar-refractivity contribution in [2.45, 2.75) is 11.3 Å². The van der Waals surface area contributed by atoms with Crippen LogP contribution in [-0.4, -0.2) is 18.3 Å². The van der Waals surface area contributed by atoms with E-state index in [1.165, 1.54) is 6.07 Å². The molecule has 0 fully saturated rings. The second-order valence-corrected chi connectivity index (χ2v) is 5.38. The molecule has 0 radical (unpaired) electrons. The Hall–Kier alpha value is -1.86. The summed E-state index contributed by atoms with van der Waals surface area (Å²) in [7, 11) is 0.238. The number of halogens is 3. The lowest BCUT2D eigenvalue weighted by molar-refractivity contribution is -0.389. The van der Waals surface area contributed by atoms with Gasteiger partial charge in [0.1, 0.15) is 11.8 Å². The zero-order valence-corrected chi connectivity index (χ0v) is 9.74. The van der Waals surface area contributed by atoms with Gasteiger partial charge in [0.05, 0.1) is 4.92 Å². The highest BCUT2D eigenvalue weighted by Crippen LogP contribution is 2.34. The Morgan fingerprint density at radius 1 is 1.56 bits per heavy atom. The standard InChI is InChI=1S/C7H2ClF2N3O4S/c8-18(16,17)4-1-3(2-11)12-5(7(9)10)6(4)13(14)15/h1,7H. The molecule has 0 atom stereocenters. The molecule has 18 heavy (non-hydrogen) atoms. The summed E-state index contributed by atoms with van der Waals surface area (Å²) in [4.78, 5) is 11.1. The molecule has 0 spiro atoms. The average molecular weight is 298 g/mol. The Morgan fingerprint density at radius 3 is 2.44 bits per heavy atom. The molecule has 7 nitrogen and oxygen atoms in total. The van der Waals surface area contributed by atoms with E-state index in [0.29, 0.717) is 6.07 Å². The molecule has 11 heteroatoms. The summed E-state index contributed by atoms with van der Waals surface area (Å²) in [6, 6.07) is 1.78. The predicted octanol–water partition coefficient (Wildman–Crippen LogP) is 1.73. The molecule has 96 valence electrons. The molecule has 0 aliphatic rings. The van der Waals surface area contributed by atoms with Gasteiger partial charge in [0.25, 0.3) is 15.5 Å². The van der Waals surface area contributed by atoms with Crippen molar-refractivity contribution in [3.8, 4) is 6.07 Å². The van der Waals surface area contributed by atoms with Crippen LogP contribution in [0.3, 0.4) is 0 Å². The number of hydrogen-bond acceptors (Lipinski definition) is 6. The average Bonchev–Trinajstić information content (AvgIpc) is 2.25. The molecule has 0 aromatic carbocycles. The van der Waals surface area contributed by atoms with Crippen LogP contribution in [0.5, 0.6) is 0 Å². The van der Waals surface area contributed by atoms with Crippen LogP contribution in [0.4, 0.5) is 14.5 Å². The van der Waals surface area contributed by atoms with Crippen LogP contribution >= 0.6 is 10.7 Å². The van der Waals surface area contributed by atoms with E-state index < -0.39 is 42.4 Å². The molecule has 0 N–H and O–H groups in total. The number of nitro groups is 1. The molecule has 0 amide bonds. The molecule has 0 saturated carbocycles. The number of hydrogen-bond donors (Lipinski definition) is 0. The number of nitrogens with zero attached hydrogens (tertiary/aromatic N) is 3. The summed E-state index contributed by atoms with van der Waals surface area (Å²) in [6.07, 6.45) is -3.42. The minimum absolute atomic E-state index is 0.465. The smallest absolute Gasteiger partial charge is 0.258 e. The fourth-order valence-electron chi connectivity index (χ4n) is 1.11. The lowest BCUT2D eigenvalue weighted by Crippen LogP contribution is -2.07. The summed E-state index contributed by atoms with van der Waals surface area (Å²) in [6.45, 7) is 0. The molecule has 1 aromatic rings. The van der Waals surface area contributed by atoms with E-state index in [4.69, 9.17) is 15.9 Å². The van der Waals surface area contributed by atoms with Gasteiger partial charge in [0.15, 0.2) is 10.6 Å². The Bertz CT molecular complexity index is 655. The van der Waals surface area contributed by atoms with E-state index in [1.807, 2.05) is 0 Å². The Labute approximate surface area is 103 Å². The topological polar surface area (TPSA) is 114 Å². The fourth-order valence-corrected chi connectivity index (χ4v) is 2.13. The van der Waals surface area contributed by atoms with E-state index in [-0.39, 0.29) is 0 Å². The van der Waals surface area contributed by atoms with Crippen LogP contribution in [-0.2, 0) is 9.05 Å². The molecular weight excluding hydrogens is 296 g/mol. The van der Waals surface area contributed by atoms with E-state index in [1.54, 1.807) is 0 Å². The molecule has 0 unspecified atom stereocenters. The summed E-state index contributed by atoms with van der Waals surface area (Å²) in [5.74, 6) is 0. The maximum absolute atomic E-state index is 12.6. The first-order valence-electron chi connectivity index (χ1n) is 4.00. The number of nitriles is 1. The number of pyridine rings is 1. The number of aromatic nitrogens is 1. The van der Waals surface area contributed by atoms with Crippen molar-refractivity contribution >= 4 is 25.4 Å². The normalized spacial score (nSPS) is 11.3. The van der Waals surface area contributed by atoms with E-state index in [0.717, 1.165) is 0 Å². The van der Waals surface area contributed by atoms with Crippen molar-refractivity contribution in [2.24, 2.45) is 0 Å². The molecule has 1 aromatic heterocycles. The predicted molar refractivity (Wildman–Crippen MR) is 53.6 cm³/mol. The van der Waals surface area contributed by atoms with Gasteiger partial charge in [0.2, 0.25) is 0 Å². The summed E-state index contributed by atoms with van der Waals surface area (Å²) in [5, 5.41) is 19.1. The van der Waals surface area contributed by atoms with Crippen LogP contribution < -0.4 is 0 Å². The molecule has 1 heterocycles. The van der Waals surface area contributed by atoms with Crippen molar-refractivity contribution in [2.75, 3.05) is 0 Å². The molecule has 0 bridgehead atoms. The van der Waals surface area contributed by atoms with Crippen LogP contribution in [0.15, 0.2) is 11.0 Å². The van der Waals surface area contributed by atoms with Crippen molar-refractivity contribution in [1.82, 2.24) is 4.98 Å². The van der Waals surface area contributed by atoms with E-state index in [9.17, 15) is 27.3 Å². The van der Waals surface area contributed by atoms with Crippen LogP contribution in [0.1, 0.15) is 17.8 Å². The largest absolute Gasteiger partial charge is 0.316 e. The molecular formula is C7H2ClF2N3O4S. The first-order chi connectivity index (χ1) is 8.18. The maximum Gasteiger partial charge on any atom is 0.316 e. The minimum atomic E-state index is -4.66. The quantitative estimate of drug-likeness (QED) is 0.477. The van der Waals surface area contributed by atoms with Crippen molar-refractivity contribution in [3.05, 3.63) is 27.6 Å². The van der Waals surface area contributed by atoms with Gasteiger partial charge in [-0.1, -0.05) is 0 Å².